The summed E-state index contributed by atoms with van der Waals surface area (Å²) in [4.78, 5) is 11.0. The summed E-state index contributed by atoms with van der Waals surface area (Å²) >= 11 is 0. The summed E-state index contributed by atoms with van der Waals surface area (Å²) in [5, 5.41) is 4.44. The van der Waals surface area contributed by atoms with Crippen LogP contribution in [-0.4, -0.2) is 39.3 Å². The minimum atomic E-state index is -2.96. The number of ether oxygens (including phenoxy) is 1. The summed E-state index contributed by atoms with van der Waals surface area (Å²) in [5.74, 6) is 0.0193. The molecule has 0 radical (unpaired) electrons. The minimum absolute atomic E-state index is 0.0555. The second-order valence-electron chi connectivity index (χ2n) is 4.33. The number of esters is 1. The third-order valence-corrected chi connectivity index (χ3v) is 4.10. The largest absolute Gasteiger partial charge is 0.466 e. The molecule has 1 aliphatic rings. The second kappa shape index (κ2) is 7.53. The van der Waals surface area contributed by atoms with E-state index in [1.165, 1.54) is 5.41 Å². The first kappa shape index (κ1) is 15.2. The molecule has 1 N–H and O–H groups in total. The first-order valence-corrected chi connectivity index (χ1v) is 8.05. The topological polar surface area (TPSA) is 72.5 Å². The molecule has 0 saturated heterocycles. The predicted octanol–water partition coefficient (Wildman–Crippen LogP) is 1.01. The van der Waals surface area contributed by atoms with Gasteiger partial charge in [0.25, 0.3) is 0 Å². The van der Waals surface area contributed by atoms with Crippen LogP contribution in [-0.2, 0) is 19.4 Å². The van der Waals surface area contributed by atoms with Gasteiger partial charge in [-0.2, -0.15) is 0 Å². The lowest BCUT2D eigenvalue weighted by molar-refractivity contribution is -0.143. The van der Waals surface area contributed by atoms with Gasteiger partial charge in [-0.3, -0.25) is 4.79 Å². The lowest BCUT2D eigenvalue weighted by Crippen LogP contribution is -2.30. The Balaban J connectivity index is 1.97. The van der Waals surface area contributed by atoms with Crippen LogP contribution < -0.4 is 5.32 Å². The summed E-state index contributed by atoms with van der Waals surface area (Å²) in [7, 11) is -2.96. The highest BCUT2D eigenvalue weighted by molar-refractivity contribution is 7.94. The van der Waals surface area contributed by atoms with Crippen molar-refractivity contribution in [3.05, 3.63) is 11.5 Å². The van der Waals surface area contributed by atoms with E-state index < -0.39 is 9.84 Å². The van der Waals surface area contributed by atoms with E-state index in [9.17, 15) is 13.2 Å². The van der Waals surface area contributed by atoms with E-state index >= 15 is 0 Å². The van der Waals surface area contributed by atoms with Crippen LogP contribution in [0.1, 0.15) is 32.6 Å². The number of rotatable bonds is 8. The van der Waals surface area contributed by atoms with E-state index in [-0.39, 0.29) is 17.8 Å². The second-order valence-corrected chi connectivity index (χ2v) is 6.27. The highest BCUT2D eigenvalue weighted by atomic mass is 32.2. The van der Waals surface area contributed by atoms with Crippen molar-refractivity contribution in [3.8, 4) is 0 Å². The first-order valence-electron chi connectivity index (χ1n) is 6.33. The van der Waals surface area contributed by atoms with Crippen molar-refractivity contribution < 1.29 is 17.9 Å². The highest BCUT2D eigenvalue weighted by Gasteiger charge is 2.20. The van der Waals surface area contributed by atoms with Crippen LogP contribution in [0.25, 0.3) is 0 Å². The van der Waals surface area contributed by atoms with Gasteiger partial charge in [-0.1, -0.05) is 12.5 Å². The Morgan fingerprint density at radius 1 is 1.39 bits per heavy atom. The molecule has 5 nitrogen and oxygen atoms in total. The molecule has 0 saturated carbocycles. The van der Waals surface area contributed by atoms with E-state index in [2.05, 4.69) is 5.32 Å². The van der Waals surface area contributed by atoms with Crippen molar-refractivity contribution in [2.75, 3.05) is 18.9 Å². The highest BCUT2D eigenvalue weighted by Crippen LogP contribution is 2.08. The maximum atomic E-state index is 11.1. The van der Waals surface area contributed by atoms with E-state index in [0.717, 1.165) is 25.8 Å². The van der Waals surface area contributed by atoms with Crippen molar-refractivity contribution in [1.29, 1.82) is 0 Å². The molecule has 0 fully saturated rings. The normalized spacial score (nSPS) is 21.1. The molecule has 1 heterocycles. The van der Waals surface area contributed by atoms with Gasteiger partial charge >= 0.3 is 5.97 Å². The molecule has 6 heteroatoms. The van der Waals surface area contributed by atoms with Gasteiger partial charge in [0.2, 0.25) is 0 Å². The lowest BCUT2D eigenvalue weighted by Gasteiger charge is -2.09. The Morgan fingerprint density at radius 2 is 2.17 bits per heavy atom. The van der Waals surface area contributed by atoms with Gasteiger partial charge in [0.1, 0.15) is 0 Å². The standard InChI is InChI=1S/C12H21NO4S/c1-2-17-12(14)6-4-3-5-8-13-11-7-9-18(15,16)10-11/h7,9,11,13H,2-6,8,10H2,1H3. The third-order valence-electron chi connectivity index (χ3n) is 2.70. The number of nitrogens with one attached hydrogen (secondary N) is 1. The smallest absolute Gasteiger partial charge is 0.305 e. The van der Waals surface area contributed by atoms with E-state index in [4.69, 9.17) is 4.74 Å². The fourth-order valence-corrected chi connectivity index (χ4v) is 3.06. The SMILES string of the molecule is CCOC(=O)CCCCCNC1C=CS(=O)(=O)C1. The van der Waals surface area contributed by atoms with Crippen LogP contribution in [0, 0.1) is 0 Å². The molecule has 0 bridgehead atoms. The zero-order valence-electron chi connectivity index (χ0n) is 10.7. The number of carbonyl (C=O) groups excluding carboxylic acids is 1. The van der Waals surface area contributed by atoms with Crippen LogP contribution in [0.15, 0.2) is 11.5 Å². The maximum absolute atomic E-state index is 11.1. The predicted molar refractivity (Wildman–Crippen MR) is 69.8 cm³/mol. The number of unbranched alkanes of at least 4 members (excludes halogenated alkanes) is 2. The molecule has 0 aromatic rings. The van der Waals surface area contributed by atoms with E-state index in [1.54, 1.807) is 13.0 Å². The Labute approximate surface area is 109 Å². The molecule has 1 atom stereocenters. The molecule has 1 rings (SSSR count). The summed E-state index contributed by atoms with van der Waals surface area (Å²) < 4.78 is 27.1. The van der Waals surface area contributed by atoms with Gasteiger partial charge in [-0.05, 0) is 26.3 Å². The summed E-state index contributed by atoms with van der Waals surface area (Å²) in [6.45, 7) is 3.00. The summed E-state index contributed by atoms with van der Waals surface area (Å²) in [6, 6.07) is -0.0555. The molecule has 1 aliphatic heterocycles. The quantitative estimate of drug-likeness (QED) is 0.529. The van der Waals surface area contributed by atoms with Gasteiger partial charge in [-0.15, -0.1) is 0 Å². The summed E-state index contributed by atoms with van der Waals surface area (Å²) in [5.41, 5.74) is 0. The van der Waals surface area contributed by atoms with Gasteiger partial charge < -0.3 is 10.1 Å². The van der Waals surface area contributed by atoms with Crippen LogP contribution in [0.3, 0.4) is 0 Å². The molecule has 1 unspecified atom stereocenters. The fourth-order valence-electron chi connectivity index (χ4n) is 1.79. The maximum Gasteiger partial charge on any atom is 0.305 e. The molecule has 0 aliphatic carbocycles. The fraction of sp³-hybridized carbons (Fsp3) is 0.750. The Hall–Kier alpha value is -0.880. The Bertz CT molecular complexity index is 389. The van der Waals surface area contributed by atoms with Crippen LogP contribution in [0.4, 0.5) is 0 Å². The Kier molecular flexibility index (Phi) is 6.35. The van der Waals surface area contributed by atoms with Crippen LogP contribution >= 0.6 is 0 Å². The number of carbonyl (C=O) groups is 1. The summed E-state index contributed by atoms with van der Waals surface area (Å²) in [6.07, 6.45) is 4.84. The number of hydrogen-bond acceptors (Lipinski definition) is 5. The number of hydrogen-bond donors (Lipinski definition) is 1. The average Bonchev–Trinajstić information content (AvgIpc) is 2.64. The number of sulfone groups is 1. The zero-order valence-corrected chi connectivity index (χ0v) is 11.5. The monoisotopic (exact) mass is 275 g/mol. The average molecular weight is 275 g/mol. The molecule has 0 aromatic carbocycles. The molecule has 18 heavy (non-hydrogen) atoms. The molecule has 0 aromatic heterocycles. The molecular formula is C12H21NO4S. The first-order chi connectivity index (χ1) is 8.53. The zero-order chi connectivity index (χ0) is 13.4. The van der Waals surface area contributed by atoms with Crippen molar-refractivity contribution in [1.82, 2.24) is 5.32 Å². The Morgan fingerprint density at radius 3 is 2.78 bits per heavy atom. The lowest BCUT2D eigenvalue weighted by atomic mass is 10.2. The van der Waals surface area contributed by atoms with E-state index in [0.29, 0.717) is 13.0 Å². The van der Waals surface area contributed by atoms with Gasteiger partial charge in [-0.25, -0.2) is 8.42 Å². The molecule has 104 valence electrons. The van der Waals surface area contributed by atoms with E-state index in [1.807, 2.05) is 0 Å². The van der Waals surface area contributed by atoms with Crippen LogP contribution in [0.5, 0.6) is 0 Å². The molecule has 0 amide bonds. The van der Waals surface area contributed by atoms with Crippen LogP contribution in [0.2, 0.25) is 0 Å². The van der Waals surface area contributed by atoms with Gasteiger partial charge in [0.05, 0.1) is 12.4 Å². The minimum Gasteiger partial charge on any atom is -0.466 e. The van der Waals surface area contributed by atoms with Gasteiger partial charge in [0.15, 0.2) is 9.84 Å². The van der Waals surface area contributed by atoms with Crippen molar-refractivity contribution >= 4 is 15.8 Å². The van der Waals surface area contributed by atoms with Crippen molar-refractivity contribution in [3.63, 3.8) is 0 Å². The molecular weight excluding hydrogens is 254 g/mol. The van der Waals surface area contributed by atoms with Crippen molar-refractivity contribution in [2.24, 2.45) is 0 Å². The molecule has 0 spiro atoms. The third kappa shape index (κ3) is 6.16. The van der Waals surface area contributed by atoms with Gasteiger partial charge in [0, 0.05) is 17.9 Å². The van der Waals surface area contributed by atoms with Crippen molar-refractivity contribution in [2.45, 2.75) is 38.6 Å².